The first-order valence-electron chi connectivity index (χ1n) is 8.63. The van der Waals surface area contributed by atoms with Crippen LogP contribution in [0.3, 0.4) is 0 Å². The lowest BCUT2D eigenvalue weighted by molar-refractivity contribution is -0.384. The molecule has 0 aliphatic carbocycles. The number of benzene rings is 2. The van der Waals surface area contributed by atoms with Crippen molar-refractivity contribution in [1.82, 2.24) is 4.90 Å². The Balaban J connectivity index is 1.68. The molecule has 1 N–H and O–H groups in total. The maximum atomic E-state index is 12.6. The minimum Gasteiger partial charge on any atom is -0.494 e. The zero-order chi connectivity index (χ0) is 18.5. The number of nitrogens with zero attached hydrogens (tertiary/aromatic N) is 2. The number of amides is 2. The van der Waals surface area contributed by atoms with Gasteiger partial charge in [-0.05, 0) is 49.6 Å². The van der Waals surface area contributed by atoms with Crippen molar-refractivity contribution in [3.63, 3.8) is 0 Å². The molecule has 0 radical (unpaired) electrons. The summed E-state index contributed by atoms with van der Waals surface area (Å²) in [6.07, 6.45) is 1.84. The van der Waals surface area contributed by atoms with Gasteiger partial charge in [0.1, 0.15) is 5.75 Å². The molecule has 26 heavy (non-hydrogen) atoms. The zero-order valence-corrected chi connectivity index (χ0v) is 14.6. The molecule has 1 fully saturated rings. The Kier molecular flexibility index (Phi) is 5.36. The fraction of sp³-hybridized carbons (Fsp3) is 0.316. The standard InChI is InChI=1S/C19H21N3O4/c1-2-26-17-11-5-14(6-12-17)18-4-3-13-21(18)19(23)20-15-7-9-16(10-8-15)22(24)25/h5-12,18H,2-4,13H2,1H3,(H,20,23). The van der Waals surface area contributed by atoms with E-state index in [1.54, 1.807) is 4.90 Å². The Labute approximate surface area is 151 Å². The third-order valence-electron chi connectivity index (χ3n) is 4.42. The number of ether oxygens (including phenoxy) is 1. The molecule has 1 atom stereocenters. The average Bonchev–Trinajstić information content (AvgIpc) is 3.13. The van der Waals surface area contributed by atoms with Crippen LogP contribution < -0.4 is 10.1 Å². The van der Waals surface area contributed by atoms with Gasteiger partial charge in [0.05, 0.1) is 17.6 Å². The lowest BCUT2D eigenvalue weighted by Crippen LogP contribution is -2.34. The van der Waals surface area contributed by atoms with Gasteiger partial charge in [-0.1, -0.05) is 12.1 Å². The number of anilines is 1. The maximum Gasteiger partial charge on any atom is 0.322 e. The van der Waals surface area contributed by atoms with E-state index >= 15 is 0 Å². The minimum absolute atomic E-state index is 0.00330. The summed E-state index contributed by atoms with van der Waals surface area (Å²) in [7, 11) is 0. The minimum atomic E-state index is -0.464. The highest BCUT2D eigenvalue weighted by atomic mass is 16.6. The molecule has 2 aromatic carbocycles. The Morgan fingerprint density at radius 1 is 1.23 bits per heavy atom. The maximum absolute atomic E-state index is 12.6. The van der Waals surface area contributed by atoms with Gasteiger partial charge < -0.3 is 15.0 Å². The summed E-state index contributed by atoms with van der Waals surface area (Å²) >= 11 is 0. The third-order valence-corrected chi connectivity index (χ3v) is 4.42. The Morgan fingerprint density at radius 2 is 1.92 bits per heavy atom. The van der Waals surface area contributed by atoms with E-state index in [-0.39, 0.29) is 17.8 Å². The third kappa shape index (κ3) is 3.93. The van der Waals surface area contributed by atoms with E-state index in [0.717, 1.165) is 24.2 Å². The van der Waals surface area contributed by atoms with E-state index in [1.807, 2.05) is 31.2 Å². The molecule has 0 bridgehead atoms. The molecular formula is C19H21N3O4. The molecule has 2 amide bonds. The summed E-state index contributed by atoms with van der Waals surface area (Å²) in [4.78, 5) is 24.7. The number of hydrogen-bond acceptors (Lipinski definition) is 4. The number of non-ortho nitro benzene ring substituents is 1. The molecule has 0 spiro atoms. The summed E-state index contributed by atoms with van der Waals surface area (Å²) in [5.41, 5.74) is 1.61. The summed E-state index contributed by atoms with van der Waals surface area (Å²) in [6, 6.07) is 13.5. The summed E-state index contributed by atoms with van der Waals surface area (Å²) < 4.78 is 5.46. The van der Waals surface area contributed by atoms with E-state index in [9.17, 15) is 14.9 Å². The molecule has 7 heteroatoms. The Bertz CT molecular complexity index is 774. The molecule has 2 aromatic rings. The highest BCUT2D eigenvalue weighted by Crippen LogP contribution is 2.33. The van der Waals surface area contributed by atoms with Crippen molar-refractivity contribution in [3.8, 4) is 5.75 Å². The second-order valence-corrected chi connectivity index (χ2v) is 6.09. The van der Waals surface area contributed by atoms with Crippen molar-refractivity contribution in [3.05, 3.63) is 64.2 Å². The van der Waals surface area contributed by atoms with Gasteiger partial charge >= 0.3 is 6.03 Å². The first kappa shape index (κ1) is 17.7. The quantitative estimate of drug-likeness (QED) is 0.638. The van der Waals surface area contributed by atoms with Crippen molar-refractivity contribution in [2.24, 2.45) is 0 Å². The number of carbonyl (C=O) groups excluding carboxylic acids is 1. The van der Waals surface area contributed by atoms with Crippen LogP contribution in [0.4, 0.5) is 16.2 Å². The van der Waals surface area contributed by atoms with Gasteiger partial charge in [-0.3, -0.25) is 10.1 Å². The fourth-order valence-corrected chi connectivity index (χ4v) is 3.17. The second-order valence-electron chi connectivity index (χ2n) is 6.09. The average molecular weight is 355 g/mol. The normalized spacial score (nSPS) is 16.3. The molecule has 7 nitrogen and oxygen atoms in total. The smallest absolute Gasteiger partial charge is 0.322 e. The molecule has 1 unspecified atom stereocenters. The highest BCUT2D eigenvalue weighted by molar-refractivity contribution is 5.90. The molecule has 3 rings (SSSR count). The van der Waals surface area contributed by atoms with Crippen molar-refractivity contribution >= 4 is 17.4 Å². The molecule has 0 saturated carbocycles. The van der Waals surface area contributed by atoms with E-state index in [0.29, 0.717) is 18.8 Å². The molecule has 136 valence electrons. The van der Waals surface area contributed by atoms with Gasteiger partial charge in [-0.15, -0.1) is 0 Å². The van der Waals surface area contributed by atoms with Crippen molar-refractivity contribution in [2.45, 2.75) is 25.8 Å². The van der Waals surface area contributed by atoms with E-state index < -0.39 is 4.92 Å². The van der Waals surface area contributed by atoms with Gasteiger partial charge in [-0.25, -0.2) is 4.79 Å². The zero-order valence-electron chi connectivity index (χ0n) is 14.6. The van der Waals surface area contributed by atoms with Gasteiger partial charge in [0, 0.05) is 24.4 Å². The number of nitro benzene ring substituents is 1. The van der Waals surface area contributed by atoms with Gasteiger partial charge in [-0.2, -0.15) is 0 Å². The van der Waals surface area contributed by atoms with E-state index in [1.165, 1.54) is 24.3 Å². The number of hydrogen-bond donors (Lipinski definition) is 1. The topological polar surface area (TPSA) is 84.7 Å². The number of nitro groups is 1. The predicted octanol–water partition coefficient (Wildman–Crippen LogP) is 4.36. The number of rotatable bonds is 5. The number of nitrogens with one attached hydrogen (secondary N) is 1. The summed E-state index contributed by atoms with van der Waals surface area (Å²) in [5.74, 6) is 0.816. The predicted molar refractivity (Wildman–Crippen MR) is 98.4 cm³/mol. The first-order chi connectivity index (χ1) is 12.6. The fourth-order valence-electron chi connectivity index (χ4n) is 3.17. The van der Waals surface area contributed by atoms with E-state index in [4.69, 9.17) is 4.74 Å². The van der Waals surface area contributed by atoms with Crippen LogP contribution in [-0.2, 0) is 0 Å². The van der Waals surface area contributed by atoms with Crippen molar-refractivity contribution < 1.29 is 14.5 Å². The lowest BCUT2D eigenvalue weighted by atomic mass is 10.0. The van der Waals surface area contributed by atoms with Crippen LogP contribution in [0.5, 0.6) is 5.75 Å². The molecule has 1 aliphatic rings. The monoisotopic (exact) mass is 355 g/mol. The van der Waals surface area contributed by atoms with Gasteiger partial charge in [0.25, 0.3) is 5.69 Å². The van der Waals surface area contributed by atoms with Crippen LogP contribution in [0.2, 0.25) is 0 Å². The van der Waals surface area contributed by atoms with Crippen LogP contribution >= 0.6 is 0 Å². The summed E-state index contributed by atoms with van der Waals surface area (Å²) in [6.45, 7) is 3.23. The lowest BCUT2D eigenvalue weighted by Gasteiger charge is -2.25. The SMILES string of the molecule is CCOc1ccc(C2CCCN2C(=O)Nc2ccc([N+](=O)[O-])cc2)cc1. The van der Waals surface area contributed by atoms with Crippen LogP contribution in [0.25, 0.3) is 0 Å². The van der Waals surface area contributed by atoms with Gasteiger partial charge in [0.2, 0.25) is 0 Å². The van der Waals surface area contributed by atoms with Crippen molar-refractivity contribution in [1.29, 1.82) is 0 Å². The van der Waals surface area contributed by atoms with Crippen LogP contribution in [0, 0.1) is 10.1 Å². The van der Waals surface area contributed by atoms with Crippen molar-refractivity contribution in [2.75, 3.05) is 18.5 Å². The van der Waals surface area contributed by atoms with Crippen LogP contribution in [0.1, 0.15) is 31.4 Å². The highest BCUT2D eigenvalue weighted by Gasteiger charge is 2.30. The Morgan fingerprint density at radius 3 is 2.54 bits per heavy atom. The second kappa shape index (κ2) is 7.86. The van der Waals surface area contributed by atoms with Crippen LogP contribution in [-0.4, -0.2) is 29.0 Å². The molecule has 0 aromatic heterocycles. The number of likely N-dealkylation sites (tertiary alicyclic amines) is 1. The largest absolute Gasteiger partial charge is 0.494 e. The number of carbonyl (C=O) groups is 1. The van der Waals surface area contributed by atoms with Crippen LogP contribution in [0.15, 0.2) is 48.5 Å². The molecule has 1 saturated heterocycles. The molecule has 1 aliphatic heterocycles. The first-order valence-corrected chi connectivity index (χ1v) is 8.63. The van der Waals surface area contributed by atoms with E-state index in [2.05, 4.69) is 5.32 Å². The molecule has 1 heterocycles. The summed E-state index contributed by atoms with van der Waals surface area (Å²) in [5, 5.41) is 13.5. The number of urea groups is 1. The Hall–Kier alpha value is -3.09. The molecular weight excluding hydrogens is 334 g/mol. The van der Waals surface area contributed by atoms with Gasteiger partial charge in [0.15, 0.2) is 0 Å².